The van der Waals surface area contributed by atoms with Gasteiger partial charge in [-0.2, -0.15) is 26.3 Å². The number of nitrogens with one attached hydrogen (secondary N) is 2. The summed E-state index contributed by atoms with van der Waals surface area (Å²) in [4.78, 5) is 0. The molecular formula is C36H28F6N3PS. The van der Waals surface area contributed by atoms with E-state index in [0.717, 1.165) is 27.0 Å². The molecule has 0 heterocycles. The van der Waals surface area contributed by atoms with Crippen LogP contribution in [0.15, 0.2) is 138 Å². The van der Waals surface area contributed by atoms with Gasteiger partial charge < -0.3 is 10.6 Å². The van der Waals surface area contributed by atoms with E-state index in [1.165, 1.54) is 0 Å². The lowest BCUT2D eigenvalue weighted by molar-refractivity contribution is -0.143. The van der Waals surface area contributed by atoms with Gasteiger partial charge in [0.1, 0.15) is 0 Å². The average Bonchev–Trinajstić information content (AvgIpc) is 3.40. The van der Waals surface area contributed by atoms with Gasteiger partial charge >= 0.3 is 12.4 Å². The van der Waals surface area contributed by atoms with E-state index in [-0.39, 0.29) is 11.2 Å². The lowest BCUT2D eigenvalue weighted by atomic mass is 10.1. The van der Waals surface area contributed by atoms with E-state index in [9.17, 15) is 26.3 Å². The second-order valence-corrected chi connectivity index (χ2v) is 14.6. The van der Waals surface area contributed by atoms with Crippen LogP contribution >= 0.6 is 19.3 Å². The number of halogens is 6. The summed E-state index contributed by atoms with van der Waals surface area (Å²) in [6.45, 7) is 0. The Balaban J connectivity index is 1.45. The highest BCUT2D eigenvalue weighted by atomic mass is 32.1. The van der Waals surface area contributed by atoms with E-state index in [2.05, 4.69) is 47.0 Å². The van der Waals surface area contributed by atoms with E-state index in [1.807, 2.05) is 78.9 Å². The smallest absolute Gasteiger partial charge is 0.353 e. The summed E-state index contributed by atoms with van der Waals surface area (Å²) in [5.74, 6) is 0. The van der Waals surface area contributed by atoms with Crippen molar-refractivity contribution in [3.05, 3.63) is 156 Å². The van der Waals surface area contributed by atoms with E-state index in [0.29, 0.717) is 18.6 Å². The summed E-state index contributed by atoms with van der Waals surface area (Å²) in [5, 5.41) is 8.79. The molecule has 0 spiro atoms. The lowest BCUT2D eigenvalue weighted by Crippen LogP contribution is -2.37. The zero-order valence-corrected chi connectivity index (χ0v) is 26.3. The van der Waals surface area contributed by atoms with Gasteiger partial charge in [-0.3, -0.25) is 4.74 Å². The molecule has 6 rings (SSSR count). The van der Waals surface area contributed by atoms with Gasteiger partial charge in [0.25, 0.3) is 0 Å². The SMILES string of the molecule is FC(F)(F)c1cc(NC(=S)N[C@@H]2c3ccccc3C[C@H]2N=P(c2ccccc2)(c2ccccc2)c2ccccc2)cc(C(F)(F)F)c1. The van der Waals surface area contributed by atoms with Crippen molar-refractivity contribution in [3.63, 3.8) is 0 Å². The first kappa shape index (κ1) is 32.5. The Hall–Kier alpha value is -4.40. The Morgan fingerprint density at radius 3 is 1.55 bits per heavy atom. The number of anilines is 1. The maximum Gasteiger partial charge on any atom is 0.416 e. The first-order valence-electron chi connectivity index (χ1n) is 14.7. The normalized spacial score (nSPS) is 16.3. The van der Waals surface area contributed by atoms with Crippen molar-refractivity contribution in [2.75, 3.05) is 5.32 Å². The minimum Gasteiger partial charge on any atom is -0.353 e. The van der Waals surface area contributed by atoms with Gasteiger partial charge in [-0.1, -0.05) is 115 Å². The predicted octanol–water partition coefficient (Wildman–Crippen LogP) is 8.85. The molecule has 5 aromatic carbocycles. The molecule has 240 valence electrons. The fourth-order valence-electron chi connectivity index (χ4n) is 5.99. The molecule has 1 aliphatic carbocycles. The summed E-state index contributed by atoms with van der Waals surface area (Å²) in [6.07, 6.45) is -9.42. The molecule has 0 amide bonds. The molecule has 0 aromatic heterocycles. The molecular weight excluding hydrogens is 651 g/mol. The maximum atomic E-state index is 13.5. The van der Waals surface area contributed by atoms with Gasteiger partial charge in [-0.25, -0.2) is 0 Å². The van der Waals surface area contributed by atoms with Gasteiger partial charge in [0.05, 0.1) is 30.3 Å². The molecule has 0 saturated heterocycles. The van der Waals surface area contributed by atoms with Crippen molar-refractivity contribution in [2.45, 2.75) is 30.9 Å². The average molecular weight is 680 g/mol. The number of fused-ring (bicyclic) bond motifs is 1. The van der Waals surface area contributed by atoms with Crippen molar-refractivity contribution in [3.8, 4) is 0 Å². The Bertz CT molecular complexity index is 1790. The minimum atomic E-state index is -4.99. The van der Waals surface area contributed by atoms with Crippen molar-refractivity contribution < 1.29 is 26.3 Å². The monoisotopic (exact) mass is 679 g/mol. The lowest BCUT2D eigenvalue weighted by Gasteiger charge is -2.31. The number of hydrogen-bond acceptors (Lipinski definition) is 2. The van der Waals surface area contributed by atoms with Gasteiger partial charge in [-0.15, -0.1) is 0 Å². The first-order chi connectivity index (χ1) is 22.4. The summed E-state index contributed by atoms with van der Waals surface area (Å²) in [7, 11) is -2.66. The molecule has 0 bridgehead atoms. The zero-order valence-electron chi connectivity index (χ0n) is 24.6. The van der Waals surface area contributed by atoms with Crippen LogP contribution in [0.3, 0.4) is 0 Å². The van der Waals surface area contributed by atoms with Gasteiger partial charge in [0, 0.05) is 21.6 Å². The molecule has 5 aromatic rings. The highest BCUT2D eigenvalue weighted by molar-refractivity contribution is 7.87. The number of hydrogen-bond donors (Lipinski definition) is 2. The number of thiocarbonyl (C=S) groups is 1. The highest BCUT2D eigenvalue weighted by Crippen LogP contribution is 2.50. The zero-order chi connectivity index (χ0) is 33.2. The van der Waals surface area contributed by atoms with Crippen LogP contribution in [0.5, 0.6) is 0 Å². The van der Waals surface area contributed by atoms with E-state index >= 15 is 0 Å². The Morgan fingerprint density at radius 2 is 1.09 bits per heavy atom. The third-order valence-electron chi connectivity index (χ3n) is 8.05. The number of nitrogens with zero attached hydrogens (tertiary/aromatic N) is 1. The Morgan fingerprint density at radius 1 is 0.638 bits per heavy atom. The van der Waals surface area contributed by atoms with E-state index < -0.39 is 48.3 Å². The van der Waals surface area contributed by atoms with Crippen LogP contribution in [-0.4, -0.2) is 11.2 Å². The van der Waals surface area contributed by atoms with Gasteiger partial charge in [0.2, 0.25) is 0 Å². The maximum absolute atomic E-state index is 13.5. The van der Waals surface area contributed by atoms with Crippen molar-refractivity contribution >= 4 is 46.0 Å². The Labute approximate surface area is 273 Å². The fraction of sp³-hybridized carbons (Fsp3) is 0.139. The summed E-state index contributed by atoms with van der Waals surface area (Å²) in [6, 6.07) is 38.3. The fourth-order valence-corrected chi connectivity index (χ4v) is 10.0. The standard InChI is InChI=1S/C36H28F6N3PS/c37-35(38,39)25-21-26(36(40,41)42)23-27(22-25)43-34(47)44-33-31-19-11-10-12-24(31)20-32(33)45-46(28-13-4-1-5-14-28,29-15-6-2-7-16-29)30-17-8-3-9-18-30/h1-19,21-23,32-33H,20H2,(H2,43,44,47)/t32-,33-/m1/s1. The molecule has 0 aliphatic heterocycles. The second-order valence-electron chi connectivity index (χ2n) is 11.1. The number of alkyl halides is 6. The largest absolute Gasteiger partial charge is 0.416 e. The van der Waals surface area contributed by atoms with Crippen LogP contribution in [-0.2, 0) is 18.8 Å². The second kappa shape index (κ2) is 13.0. The summed E-state index contributed by atoms with van der Waals surface area (Å²) >= 11 is 5.53. The van der Waals surface area contributed by atoms with Crippen molar-refractivity contribution in [2.24, 2.45) is 4.74 Å². The number of benzene rings is 5. The molecule has 0 fully saturated rings. The van der Waals surface area contributed by atoms with Crippen LogP contribution < -0.4 is 26.5 Å². The van der Waals surface area contributed by atoms with Crippen LogP contribution in [0, 0.1) is 0 Å². The summed E-state index contributed by atoms with van der Waals surface area (Å²) in [5.41, 5.74) is -1.37. The number of rotatable bonds is 6. The molecule has 3 nitrogen and oxygen atoms in total. The molecule has 0 unspecified atom stereocenters. The minimum absolute atomic E-state index is 0.0871. The topological polar surface area (TPSA) is 36.4 Å². The molecule has 0 saturated carbocycles. The van der Waals surface area contributed by atoms with Gasteiger partial charge in [-0.05, 0) is 48.0 Å². The Kier molecular flexibility index (Phi) is 9.01. The third kappa shape index (κ3) is 6.85. The molecule has 47 heavy (non-hydrogen) atoms. The predicted molar refractivity (Wildman–Crippen MR) is 180 cm³/mol. The highest BCUT2D eigenvalue weighted by Gasteiger charge is 2.39. The van der Waals surface area contributed by atoms with E-state index in [4.69, 9.17) is 17.0 Å². The first-order valence-corrected chi connectivity index (χ1v) is 16.8. The van der Waals surface area contributed by atoms with Crippen molar-refractivity contribution in [1.29, 1.82) is 0 Å². The molecule has 0 radical (unpaired) electrons. The molecule has 1 aliphatic rings. The molecule has 11 heteroatoms. The third-order valence-corrected chi connectivity index (χ3v) is 12.0. The van der Waals surface area contributed by atoms with Crippen LogP contribution in [0.4, 0.5) is 32.0 Å². The molecule has 2 atom stereocenters. The van der Waals surface area contributed by atoms with Crippen molar-refractivity contribution in [1.82, 2.24) is 5.32 Å². The van der Waals surface area contributed by atoms with Crippen LogP contribution in [0.2, 0.25) is 0 Å². The summed E-state index contributed by atoms with van der Waals surface area (Å²) < 4.78 is 87.0. The quantitative estimate of drug-likeness (QED) is 0.107. The van der Waals surface area contributed by atoms with E-state index in [1.54, 1.807) is 0 Å². The van der Waals surface area contributed by atoms with Crippen LogP contribution in [0.25, 0.3) is 0 Å². The van der Waals surface area contributed by atoms with Gasteiger partial charge in [0.15, 0.2) is 5.11 Å². The molecule has 2 N–H and O–H groups in total. The van der Waals surface area contributed by atoms with Crippen LogP contribution in [0.1, 0.15) is 28.3 Å².